The van der Waals surface area contributed by atoms with Gasteiger partial charge in [0.2, 0.25) is 0 Å². The van der Waals surface area contributed by atoms with Crippen LogP contribution in [0, 0.1) is 0 Å². The number of hydrogen-bond donors (Lipinski definition) is 2. The van der Waals surface area contributed by atoms with E-state index in [2.05, 4.69) is 11.6 Å². The van der Waals surface area contributed by atoms with E-state index in [1.165, 1.54) is 10.6 Å². The number of aromatic nitrogens is 2. The van der Waals surface area contributed by atoms with Gasteiger partial charge in [-0.15, -0.1) is 6.58 Å². The SMILES string of the molecule is C=CCn1cnc(C(=O)O)c1C(=O)O. The summed E-state index contributed by atoms with van der Waals surface area (Å²) in [5, 5.41) is 17.4. The van der Waals surface area contributed by atoms with Crippen molar-refractivity contribution >= 4 is 11.9 Å². The second kappa shape index (κ2) is 3.73. The first kappa shape index (κ1) is 9.97. The molecule has 0 atom stereocenters. The van der Waals surface area contributed by atoms with E-state index in [1.807, 2.05) is 0 Å². The predicted octanol–water partition coefficient (Wildman–Crippen LogP) is 0.465. The summed E-state index contributed by atoms with van der Waals surface area (Å²) in [6, 6.07) is 0. The van der Waals surface area contributed by atoms with E-state index < -0.39 is 17.6 Å². The molecule has 0 amide bonds. The Morgan fingerprint density at radius 3 is 2.57 bits per heavy atom. The van der Waals surface area contributed by atoms with Crippen molar-refractivity contribution in [3.63, 3.8) is 0 Å². The molecule has 0 radical (unpaired) electrons. The van der Waals surface area contributed by atoms with Crippen molar-refractivity contribution in [2.75, 3.05) is 0 Å². The van der Waals surface area contributed by atoms with Crippen LogP contribution in [0.2, 0.25) is 0 Å². The van der Waals surface area contributed by atoms with Crippen molar-refractivity contribution in [3.8, 4) is 0 Å². The zero-order chi connectivity index (χ0) is 10.7. The van der Waals surface area contributed by atoms with Gasteiger partial charge in [0.25, 0.3) is 0 Å². The quantitative estimate of drug-likeness (QED) is 0.682. The van der Waals surface area contributed by atoms with Gasteiger partial charge in [-0.25, -0.2) is 14.6 Å². The third-order valence-electron chi connectivity index (χ3n) is 1.57. The zero-order valence-corrected chi connectivity index (χ0v) is 7.17. The van der Waals surface area contributed by atoms with Crippen LogP contribution in [0.3, 0.4) is 0 Å². The molecule has 0 saturated heterocycles. The van der Waals surface area contributed by atoms with Gasteiger partial charge in [0.05, 0.1) is 6.33 Å². The fourth-order valence-corrected chi connectivity index (χ4v) is 1.04. The minimum Gasteiger partial charge on any atom is -0.476 e. The molecule has 1 heterocycles. The van der Waals surface area contributed by atoms with E-state index in [0.29, 0.717) is 0 Å². The van der Waals surface area contributed by atoms with E-state index in [4.69, 9.17) is 10.2 Å². The van der Waals surface area contributed by atoms with E-state index in [9.17, 15) is 9.59 Å². The number of hydrogen-bond acceptors (Lipinski definition) is 3. The summed E-state index contributed by atoms with van der Waals surface area (Å²) in [7, 11) is 0. The lowest BCUT2D eigenvalue weighted by molar-refractivity contribution is 0.0641. The number of aromatic carboxylic acids is 2. The Bertz CT molecular complexity index is 394. The molecular formula is C8H8N2O4. The highest BCUT2D eigenvalue weighted by molar-refractivity contribution is 5.99. The Morgan fingerprint density at radius 2 is 2.14 bits per heavy atom. The maximum absolute atomic E-state index is 10.7. The molecule has 0 aliphatic heterocycles. The van der Waals surface area contributed by atoms with Gasteiger partial charge in [-0.1, -0.05) is 6.08 Å². The van der Waals surface area contributed by atoms with Gasteiger partial charge in [-0.2, -0.15) is 0 Å². The van der Waals surface area contributed by atoms with Crippen LogP contribution in [-0.2, 0) is 6.54 Å². The fourth-order valence-electron chi connectivity index (χ4n) is 1.04. The van der Waals surface area contributed by atoms with Crippen molar-refractivity contribution in [3.05, 3.63) is 30.4 Å². The number of rotatable bonds is 4. The van der Waals surface area contributed by atoms with Crippen LogP contribution in [0.15, 0.2) is 19.0 Å². The summed E-state index contributed by atoms with van der Waals surface area (Å²) >= 11 is 0. The number of nitrogens with zero attached hydrogens (tertiary/aromatic N) is 2. The Labute approximate surface area is 79.1 Å². The van der Waals surface area contributed by atoms with Gasteiger partial charge in [0, 0.05) is 6.54 Å². The van der Waals surface area contributed by atoms with Gasteiger partial charge >= 0.3 is 11.9 Å². The van der Waals surface area contributed by atoms with Crippen LogP contribution in [0.25, 0.3) is 0 Å². The Kier molecular flexibility index (Phi) is 2.66. The Morgan fingerprint density at radius 1 is 1.50 bits per heavy atom. The lowest BCUT2D eigenvalue weighted by Crippen LogP contribution is -2.12. The van der Waals surface area contributed by atoms with Crippen LogP contribution in [0.5, 0.6) is 0 Å². The summed E-state index contributed by atoms with van der Waals surface area (Å²) in [5.41, 5.74) is -0.795. The minimum absolute atomic E-state index is 0.210. The molecule has 74 valence electrons. The normalized spacial score (nSPS) is 9.71. The first-order chi connectivity index (χ1) is 6.57. The molecule has 1 aromatic heterocycles. The lowest BCUT2D eigenvalue weighted by Gasteiger charge is -2.00. The fraction of sp³-hybridized carbons (Fsp3) is 0.125. The molecule has 0 aromatic carbocycles. The summed E-state index contributed by atoms with van der Waals surface area (Å²) in [6.45, 7) is 3.63. The predicted molar refractivity (Wildman–Crippen MR) is 46.3 cm³/mol. The molecule has 0 fully saturated rings. The van der Waals surface area contributed by atoms with Crippen LogP contribution in [-0.4, -0.2) is 31.7 Å². The third-order valence-corrected chi connectivity index (χ3v) is 1.57. The molecule has 14 heavy (non-hydrogen) atoms. The van der Waals surface area contributed by atoms with Crippen LogP contribution in [0.1, 0.15) is 21.0 Å². The van der Waals surface area contributed by atoms with Crippen LogP contribution < -0.4 is 0 Å². The lowest BCUT2D eigenvalue weighted by atomic mass is 10.3. The standard InChI is InChI=1S/C8H8N2O4/c1-2-3-10-4-9-5(7(11)12)6(10)8(13)14/h2,4H,1,3H2,(H,11,12)(H,13,14). The van der Waals surface area contributed by atoms with Crippen molar-refractivity contribution in [2.45, 2.75) is 6.54 Å². The number of allylic oxidation sites excluding steroid dienone is 1. The highest BCUT2D eigenvalue weighted by Crippen LogP contribution is 2.07. The summed E-state index contributed by atoms with van der Waals surface area (Å²) in [6.07, 6.45) is 2.62. The molecule has 0 aliphatic rings. The van der Waals surface area contributed by atoms with E-state index in [1.54, 1.807) is 0 Å². The molecule has 0 aliphatic carbocycles. The van der Waals surface area contributed by atoms with Gasteiger partial charge in [-0.3, -0.25) is 0 Å². The highest BCUT2D eigenvalue weighted by atomic mass is 16.4. The van der Waals surface area contributed by atoms with Gasteiger partial charge in [0.1, 0.15) is 0 Å². The molecule has 6 nitrogen and oxygen atoms in total. The molecule has 2 N–H and O–H groups in total. The molecule has 6 heteroatoms. The molecule has 0 spiro atoms. The average molecular weight is 196 g/mol. The average Bonchev–Trinajstić information content (AvgIpc) is 2.48. The molecule has 1 rings (SSSR count). The number of carboxylic acid groups (broad SMARTS) is 2. The monoisotopic (exact) mass is 196 g/mol. The smallest absolute Gasteiger partial charge is 0.357 e. The maximum atomic E-state index is 10.7. The summed E-state index contributed by atoms with van der Waals surface area (Å²) < 4.78 is 1.21. The van der Waals surface area contributed by atoms with Crippen molar-refractivity contribution in [1.82, 2.24) is 9.55 Å². The molecular weight excluding hydrogens is 188 g/mol. The maximum Gasteiger partial charge on any atom is 0.357 e. The summed E-state index contributed by atoms with van der Waals surface area (Å²) in [4.78, 5) is 24.8. The molecule has 1 aromatic rings. The third kappa shape index (κ3) is 1.63. The highest BCUT2D eigenvalue weighted by Gasteiger charge is 2.22. The Balaban J connectivity index is 3.26. The molecule has 0 bridgehead atoms. The van der Waals surface area contributed by atoms with Gasteiger partial charge in [-0.05, 0) is 0 Å². The number of imidazole rings is 1. The summed E-state index contributed by atoms with van der Waals surface area (Å²) in [5.74, 6) is -2.67. The zero-order valence-electron chi connectivity index (χ0n) is 7.17. The molecule has 0 unspecified atom stereocenters. The van der Waals surface area contributed by atoms with Crippen LogP contribution >= 0.6 is 0 Å². The van der Waals surface area contributed by atoms with Gasteiger partial charge in [0.15, 0.2) is 11.4 Å². The second-order valence-electron chi connectivity index (χ2n) is 2.49. The molecule has 0 saturated carbocycles. The second-order valence-corrected chi connectivity index (χ2v) is 2.49. The van der Waals surface area contributed by atoms with Gasteiger partial charge < -0.3 is 14.8 Å². The number of carbonyl (C=O) groups is 2. The minimum atomic E-state index is -1.36. The van der Waals surface area contributed by atoms with Crippen molar-refractivity contribution in [1.29, 1.82) is 0 Å². The van der Waals surface area contributed by atoms with E-state index >= 15 is 0 Å². The van der Waals surface area contributed by atoms with E-state index in [0.717, 1.165) is 6.33 Å². The van der Waals surface area contributed by atoms with Crippen molar-refractivity contribution in [2.24, 2.45) is 0 Å². The van der Waals surface area contributed by atoms with E-state index in [-0.39, 0.29) is 12.2 Å². The van der Waals surface area contributed by atoms with Crippen LogP contribution in [0.4, 0.5) is 0 Å². The topological polar surface area (TPSA) is 92.4 Å². The largest absolute Gasteiger partial charge is 0.476 e. The van der Waals surface area contributed by atoms with Crippen molar-refractivity contribution < 1.29 is 19.8 Å². The Hall–Kier alpha value is -2.11. The first-order valence-corrected chi connectivity index (χ1v) is 3.70. The number of carboxylic acids is 2. The first-order valence-electron chi connectivity index (χ1n) is 3.70.